The number of carbonyl (C=O) groups is 1. The molecule has 0 bridgehead atoms. The molecule has 0 unspecified atom stereocenters. The maximum Gasteiger partial charge on any atom is 0.435 e. The molecule has 0 aliphatic carbocycles. The van der Waals surface area contributed by atoms with E-state index in [1.165, 1.54) is 12.1 Å². The number of nitrogens with zero attached hydrogens (tertiary/aromatic N) is 3. The number of benzene rings is 1. The van der Waals surface area contributed by atoms with Crippen molar-refractivity contribution in [1.82, 2.24) is 9.78 Å². The molecule has 7 nitrogen and oxygen atoms in total. The SMILES string of the molecule is CC(C)(C)OC(=O)n1nc(N)c2cc(N=O)ccc21. The van der Waals surface area contributed by atoms with Gasteiger partial charge >= 0.3 is 6.09 Å². The Morgan fingerprint density at radius 2 is 2.11 bits per heavy atom. The minimum absolute atomic E-state index is 0.145. The Hall–Kier alpha value is -2.44. The van der Waals surface area contributed by atoms with Crippen molar-refractivity contribution >= 4 is 28.5 Å². The van der Waals surface area contributed by atoms with Gasteiger partial charge in [0.2, 0.25) is 0 Å². The number of aromatic nitrogens is 2. The third-order valence-corrected chi connectivity index (χ3v) is 2.36. The molecule has 2 N–H and O–H groups in total. The summed E-state index contributed by atoms with van der Waals surface area (Å²) >= 11 is 0. The van der Waals surface area contributed by atoms with Crippen LogP contribution in [0.4, 0.5) is 16.3 Å². The summed E-state index contributed by atoms with van der Waals surface area (Å²) in [6.07, 6.45) is -0.624. The van der Waals surface area contributed by atoms with Gasteiger partial charge in [-0.15, -0.1) is 10.0 Å². The Bertz CT molecular complexity index is 655. The first-order chi connectivity index (χ1) is 8.81. The number of ether oxygens (including phenoxy) is 1. The molecule has 0 aliphatic rings. The van der Waals surface area contributed by atoms with E-state index < -0.39 is 11.7 Å². The maximum atomic E-state index is 12.0. The molecule has 19 heavy (non-hydrogen) atoms. The molecule has 1 aromatic carbocycles. The van der Waals surface area contributed by atoms with Gasteiger partial charge in [0, 0.05) is 5.39 Å². The summed E-state index contributed by atoms with van der Waals surface area (Å²) in [6, 6.07) is 4.52. The second-order valence-electron chi connectivity index (χ2n) is 5.07. The number of hydrogen-bond donors (Lipinski definition) is 1. The van der Waals surface area contributed by atoms with Gasteiger partial charge in [-0.2, -0.15) is 4.68 Å². The van der Waals surface area contributed by atoms with E-state index in [9.17, 15) is 9.70 Å². The lowest BCUT2D eigenvalue weighted by Crippen LogP contribution is -2.27. The van der Waals surface area contributed by atoms with Crippen LogP contribution in [0.5, 0.6) is 0 Å². The van der Waals surface area contributed by atoms with Gasteiger partial charge in [-0.25, -0.2) is 4.79 Å². The number of nitroso groups, excluding NO2 is 1. The highest BCUT2D eigenvalue weighted by Gasteiger charge is 2.21. The van der Waals surface area contributed by atoms with Crippen molar-refractivity contribution in [2.24, 2.45) is 5.18 Å². The summed E-state index contributed by atoms with van der Waals surface area (Å²) < 4.78 is 6.30. The Morgan fingerprint density at radius 1 is 1.42 bits per heavy atom. The van der Waals surface area contributed by atoms with Gasteiger partial charge in [0.15, 0.2) is 5.82 Å². The average Bonchev–Trinajstić information content (AvgIpc) is 2.64. The average molecular weight is 262 g/mol. The number of nitrogens with two attached hydrogens (primary N) is 1. The van der Waals surface area contributed by atoms with Crippen LogP contribution in [0.25, 0.3) is 10.9 Å². The van der Waals surface area contributed by atoms with E-state index >= 15 is 0 Å². The summed E-state index contributed by atoms with van der Waals surface area (Å²) in [7, 11) is 0. The molecule has 0 fully saturated rings. The quantitative estimate of drug-likeness (QED) is 0.796. The smallest absolute Gasteiger partial charge is 0.435 e. The summed E-state index contributed by atoms with van der Waals surface area (Å²) in [6.45, 7) is 5.27. The van der Waals surface area contributed by atoms with Crippen molar-refractivity contribution in [2.45, 2.75) is 26.4 Å². The fraction of sp³-hybridized carbons (Fsp3) is 0.333. The second kappa shape index (κ2) is 4.34. The number of rotatable bonds is 1. The number of carbonyl (C=O) groups excluding carboxylic acids is 1. The molecule has 0 saturated heterocycles. The van der Waals surface area contributed by atoms with E-state index in [0.717, 1.165) is 4.68 Å². The second-order valence-corrected chi connectivity index (χ2v) is 5.07. The Kier molecular flexibility index (Phi) is 2.97. The van der Waals surface area contributed by atoms with E-state index in [4.69, 9.17) is 10.5 Å². The normalized spacial score (nSPS) is 11.5. The fourth-order valence-corrected chi connectivity index (χ4v) is 1.63. The van der Waals surface area contributed by atoms with Gasteiger partial charge in [-0.05, 0) is 44.1 Å². The molecular formula is C12H14N4O3. The molecule has 1 aromatic heterocycles. The van der Waals surface area contributed by atoms with Crippen molar-refractivity contribution in [3.8, 4) is 0 Å². The molecule has 1 heterocycles. The van der Waals surface area contributed by atoms with Crippen LogP contribution in [0.3, 0.4) is 0 Å². The van der Waals surface area contributed by atoms with Gasteiger partial charge < -0.3 is 10.5 Å². The monoisotopic (exact) mass is 262 g/mol. The molecule has 100 valence electrons. The van der Waals surface area contributed by atoms with E-state index in [2.05, 4.69) is 10.3 Å². The van der Waals surface area contributed by atoms with Crippen molar-refractivity contribution in [2.75, 3.05) is 5.73 Å². The van der Waals surface area contributed by atoms with E-state index in [0.29, 0.717) is 10.9 Å². The summed E-state index contributed by atoms with van der Waals surface area (Å²) in [5.41, 5.74) is 5.78. The standard InChI is InChI=1S/C12H14N4O3/c1-12(2,3)19-11(17)16-9-5-4-7(15-18)6-8(9)10(13)14-16/h4-6H,1-3H3,(H2,13,14). The van der Waals surface area contributed by atoms with Gasteiger partial charge in [-0.3, -0.25) is 0 Å². The van der Waals surface area contributed by atoms with Gasteiger partial charge in [0.25, 0.3) is 0 Å². The predicted molar refractivity (Wildman–Crippen MR) is 71.2 cm³/mol. The first kappa shape index (κ1) is 13.0. The zero-order valence-electron chi connectivity index (χ0n) is 10.9. The van der Waals surface area contributed by atoms with Gasteiger partial charge in [0.1, 0.15) is 11.3 Å². The number of hydrogen-bond acceptors (Lipinski definition) is 6. The maximum absolute atomic E-state index is 12.0. The highest BCUT2D eigenvalue weighted by Crippen LogP contribution is 2.26. The topological polar surface area (TPSA) is 99.6 Å². The molecule has 0 radical (unpaired) electrons. The lowest BCUT2D eigenvalue weighted by atomic mass is 10.2. The molecule has 0 amide bonds. The van der Waals surface area contributed by atoms with Crippen LogP contribution < -0.4 is 5.73 Å². The molecule has 2 rings (SSSR count). The summed E-state index contributed by atoms with van der Waals surface area (Å²) in [5.74, 6) is 0.145. The van der Waals surface area contributed by atoms with E-state index in [1.54, 1.807) is 26.8 Å². The highest BCUT2D eigenvalue weighted by atomic mass is 16.6. The lowest BCUT2D eigenvalue weighted by Gasteiger charge is -2.19. The minimum Gasteiger partial charge on any atom is -0.442 e. The molecule has 0 saturated carbocycles. The first-order valence-electron chi connectivity index (χ1n) is 5.67. The minimum atomic E-state index is -0.631. The van der Waals surface area contributed by atoms with Gasteiger partial charge in [0.05, 0.1) is 5.52 Å². The Labute approximate surface area is 109 Å². The van der Waals surface area contributed by atoms with Gasteiger partial charge in [-0.1, -0.05) is 0 Å². The Balaban J connectivity index is 2.51. The Morgan fingerprint density at radius 3 is 2.68 bits per heavy atom. The van der Waals surface area contributed by atoms with Crippen LogP contribution >= 0.6 is 0 Å². The number of anilines is 1. The van der Waals surface area contributed by atoms with Crippen LogP contribution in [-0.4, -0.2) is 21.5 Å². The predicted octanol–water partition coefficient (Wildman–Crippen LogP) is 2.80. The van der Waals surface area contributed by atoms with Crippen LogP contribution in [0.15, 0.2) is 23.4 Å². The zero-order chi connectivity index (χ0) is 14.2. The summed E-state index contributed by atoms with van der Waals surface area (Å²) in [5, 5.41) is 7.23. The molecule has 0 spiro atoms. The molecule has 2 aromatic rings. The molecule has 0 aliphatic heterocycles. The van der Waals surface area contributed by atoms with Crippen molar-refractivity contribution in [3.05, 3.63) is 23.1 Å². The van der Waals surface area contributed by atoms with Crippen molar-refractivity contribution in [1.29, 1.82) is 0 Å². The van der Waals surface area contributed by atoms with Crippen LogP contribution in [0.2, 0.25) is 0 Å². The number of fused-ring (bicyclic) bond motifs is 1. The van der Waals surface area contributed by atoms with Crippen LogP contribution in [-0.2, 0) is 4.74 Å². The van der Waals surface area contributed by atoms with Crippen molar-refractivity contribution in [3.63, 3.8) is 0 Å². The zero-order valence-corrected chi connectivity index (χ0v) is 10.9. The first-order valence-corrected chi connectivity index (χ1v) is 5.67. The third kappa shape index (κ3) is 2.54. The largest absolute Gasteiger partial charge is 0.442 e. The van der Waals surface area contributed by atoms with Crippen molar-refractivity contribution < 1.29 is 9.53 Å². The molecule has 0 atom stereocenters. The van der Waals surface area contributed by atoms with Crippen LogP contribution in [0, 0.1) is 4.91 Å². The van der Waals surface area contributed by atoms with Crippen LogP contribution in [0.1, 0.15) is 20.8 Å². The van der Waals surface area contributed by atoms with E-state index in [-0.39, 0.29) is 11.5 Å². The highest BCUT2D eigenvalue weighted by molar-refractivity contribution is 5.96. The third-order valence-electron chi connectivity index (χ3n) is 2.36. The lowest BCUT2D eigenvalue weighted by molar-refractivity contribution is 0.0523. The molecular weight excluding hydrogens is 248 g/mol. The fourth-order valence-electron chi connectivity index (χ4n) is 1.63. The van der Waals surface area contributed by atoms with E-state index in [1.807, 2.05) is 0 Å². The molecule has 7 heteroatoms. The number of nitrogen functional groups attached to an aromatic ring is 1. The summed E-state index contributed by atoms with van der Waals surface area (Å²) in [4.78, 5) is 22.5.